The highest BCUT2D eigenvalue weighted by Gasteiger charge is 2.52. The second kappa shape index (κ2) is 9.24. The van der Waals surface area contributed by atoms with E-state index in [0.717, 1.165) is 11.0 Å². The lowest BCUT2D eigenvalue weighted by Gasteiger charge is -2.45. The van der Waals surface area contributed by atoms with Gasteiger partial charge in [-0.25, -0.2) is 0 Å². The van der Waals surface area contributed by atoms with Crippen molar-refractivity contribution in [2.45, 2.75) is 69.4 Å². The summed E-state index contributed by atoms with van der Waals surface area (Å²) in [4.78, 5) is 0. The summed E-state index contributed by atoms with van der Waals surface area (Å²) in [5.41, 5.74) is 1.20. The van der Waals surface area contributed by atoms with E-state index in [-0.39, 0.29) is 41.7 Å². The lowest BCUT2D eigenvalue weighted by atomic mass is 9.78. The van der Waals surface area contributed by atoms with Crippen molar-refractivity contribution in [3.05, 3.63) is 29.8 Å². The van der Waals surface area contributed by atoms with E-state index in [1.165, 1.54) is 0 Å². The molecule has 7 nitrogen and oxygen atoms in total. The molecule has 0 aliphatic carbocycles. The van der Waals surface area contributed by atoms with Crippen LogP contribution in [-0.2, 0) is 33.0 Å². The molecule has 2 aliphatic heterocycles. The third-order valence-corrected chi connectivity index (χ3v) is 6.57. The zero-order chi connectivity index (χ0) is 22.1. The van der Waals surface area contributed by atoms with Gasteiger partial charge in [-0.2, -0.15) is 0 Å². The quantitative estimate of drug-likeness (QED) is 0.624. The highest BCUT2D eigenvalue weighted by molar-refractivity contribution is 6.62. The van der Waals surface area contributed by atoms with Crippen molar-refractivity contribution in [1.29, 1.82) is 0 Å². The number of ether oxygens (including phenoxy) is 5. The molecule has 2 heterocycles. The van der Waals surface area contributed by atoms with Crippen molar-refractivity contribution < 1.29 is 33.0 Å². The topological polar surface area (TPSA) is 64.6 Å². The molecule has 2 saturated heterocycles. The maximum absolute atomic E-state index is 6.37. The maximum atomic E-state index is 6.37. The minimum Gasteiger partial charge on any atom is -0.399 e. The van der Waals surface area contributed by atoms with Crippen LogP contribution >= 0.6 is 0 Å². The molecule has 5 unspecified atom stereocenters. The second-order valence-corrected chi connectivity index (χ2v) is 8.91. The van der Waals surface area contributed by atoms with Crippen molar-refractivity contribution in [1.82, 2.24) is 0 Å². The maximum Gasteiger partial charge on any atom is 0.494 e. The van der Waals surface area contributed by atoms with Crippen LogP contribution in [0.1, 0.15) is 39.4 Å². The fourth-order valence-electron chi connectivity index (χ4n) is 4.11. The molecule has 0 amide bonds. The fraction of sp³-hybridized carbons (Fsp3) is 0.727. The van der Waals surface area contributed by atoms with Crippen LogP contribution in [0.4, 0.5) is 0 Å². The first kappa shape index (κ1) is 23.7. The molecule has 0 saturated carbocycles. The molecule has 0 spiro atoms. The Labute approximate surface area is 180 Å². The highest BCUT2D eigenvalue weighted by Crippen LogP contribution is 2.38. The van der Waals surface area contributed by atoms with E-state index in [1.54, 1.807) is 28.4 Å². The number of methoxy groups -OCH3 is 4. The minimum atomic E-state index is -0.402. The molecule has 168 valence electrons. The van der Waals surface area contributed by atoms with Crippen molar-refractivity contribution >= 4 is 12.6 Å². The zero-order valence-corrected chi connectivity index (χ0v) is 19.3. The van der Waals surface area contributed by atoms with E-state index in [9.17, 15) is 0 Å². The van der Waals surface area contributed by atoms with E-state index < -0.39 is 7.12 Å². The summed E-state index contributed by atoms with van der Waals surface area (Å²) in [7, 11) is 6.22. The van der Waals surface area contributed by atoms with Gasteiger partial charge in [0.1, 0.15) is 30.5 Å². The molecule has 1 aromatic rings. The van der Waals surface area contributed by atoms with Crippen molar-refractivity contribution in [2.75, 3.05) is 35.0 Å². The van der Waals surface area contributed by atoms with Gasteiger partial charge in [-0.1, -0.05) is 24.3 Å². The van der Waals surface area contributed by atoms with E-state index >= 15 is 0 Å². The van der Waals surface area contributed by atoms with Crippen LogP contribution in [0.25, 0.3) is 0 Å². The van der Waals surface area contributed by atoms with Gasteiger partial charge in [0.2, 0.25) is 0 Å². The second-order valence-electron chi connectivity index (χ2n) is 8.91. The van der Waals surface area contributed by atoms with Gasteiger partial charge in [-0.3, -0.25) is 0 Å². The fourth-order valence-corrected chi connectivity index (χ4v) is 4.11. The highest BCUT2D eigenvalue weighted by atomic mass is 16.7. The number of rotatable bonds is 7. The molecule has 3 rings (SSSR count). The first-order chi connectivity index (χ1) is 14.2. The van der Waals surface area contributed by atoms with Crippen LogP contribution in [-0.4, -0.2) is 77.8 Å². The van der Waals surface area contributed by atoms with Crippen LogP contribution in [0, 0.1) is 0 Å². The molecule has 5 atom stereocenters. The number of benzene rings is 1. The average molecular weight is 422 g/mol. The molecule has 2 aliphatic rings. The van der Waals surface area contributed by atoms with Crippen molar-refractivity contribution in [3.63, 3.8) is 0 Å². The van der Waals surface area contributed by atoms with E-state index in [1.807, 2.05) is 52.0 Å². The van der Waals surface area contributed by atoms with Crippen LogP contribution < -0.4 is 5.46 Å². The third-order valence-electron chi connectivity index (χ3n) is 6.57. The molecular formula is C22H35BO7. The average Bonchev–Trinajstić information content (AvgIpc) is 2.94. The summed E-state index contributed by atoms with van der Waals surface area (Å²) in [6.45, 7) is 8.60. The van der Waals surface area contributed by atoms with E-state index in [4.69, 9.17) is 33.0 Å². The van der Waals surface area contributed by atoms with Gasteiger partial charge in [-0.05, 0) is 38.7 Å². The Hall–Kier alpha value is -0.995. The molecule has 8 heteroatoms. The van der Waals surface area contributed by atoms with Gasteiger partial charge in [0.15, 0.2) is 0 Å². The normalized spacial score (nSPS) is 33.1. The first-order valence-corrected chi connectivity index (χ1v) is 10.4. The molecule has 30 heavy (non-hydrogen) atoms. The summed E-state index contributed by atoms with van der Waals surface area (Å²) in [5, 5.41) is 0. The predicted octanol–water partition coefficient (Wildman–Crippen LogP) is 2.12. The van der Waals surface area contributed by atoms with E-state index in [0.29, 0.717) is 6.61 Å². The lowest BCUT2D eigenvalue weighted by molar-refractivity contribution is -0.252. The van der Waals surface area contributed by atoms with Crippen LogP contribution in [0.15, 0.2) is 24.3 Å². The first-order valence-electron chi connectivity index (χ1n) is 10.4. The van der Waals surface area contributed by atoms with Crippen LogP contribution in [0.3, 0.4) is 0 Å². The zero-order valence-electron chi connectivity index (χ0n) is 19.3. The Morgan fingerprint density at radius 1 is 0.800 bits per heavy atom. The minimum absolute atomic E-state index is 0.274. The number of hydrogen-bond acceptors (Lipinski definition) is 7. The van der Waals surface area contributed by atoms with E-state index in [2.05, 4.69) is 0 Å². The lowest BCUT2D eigenvalue weighted by Crippen LogP contribution is -2.57. The largest absolute Gasteiger partial charge is 0.494 e. The molecular weight excluding hydrogens is 387 g/mol. The summed E-state index contributed by atoms with van der Waals surface area (Å²) in [6.07, 6.45) is -1.50. The molecule has 1 aromatic carbocycles. The Balaban J connectivity index is 1.83. The Kier molecular flexibility index (Phi) is 7.29. The smallest absolute Gasteiger partial charge is 0.399 e. The SMILES string of the molecule is COCC1OC(c2ccc(B3OC(C)(C)C(C)(C)O3)cc2)C(OC)C(OC)C1OC. The van der Waals surface area contributed by atoms with Gasteiger partial charge in [0, 0.05) is 28.4 Å². The summed E-state index contributed by atoms with van der Waals surface area (Å²) in [6, 6.07) is 8.09. The van der Waals surface area contributed by atoms with Gasteiger partial charge in [0.05, 0.1) is 17.8 Å². The number of hydrogen-bond donors (Lipinski definition) is 0. The predicted molar refractivity (Wildman–Crippen MR) is 114 cm³/mol. The van der Waals surface area contributed by atoms with Gasteiger partial charge < -0.3 is 33.0 Å². The van der Waals surface area contributed by atoms with Gasteiger partial charge in [-0.15, -0.1) is 0 Å². The standard InChI is InChI=1S/C22H35BO7/c1-21(2)22(3,4)30-23(29-21)15-11-9-14(10-12-15)17-19(26-7)20(27-8)18(25-6)16(28-17)13-24-5/h9-12,16-20H,13H2,1-8H3. The molecule has 0 bridgehead atoms. The summed E-state index contributed by atoms with van der Waals surface area (Å²) >= 11 is 0. The molecule has 0 N–H and O–H groups in total. The monoisotopic (exact) mass is 422 g/mol. The summed E-state index contributed by atoms with van der Waals surface area (Å²) < 4.78 is 41.2. The Morgan fingerprint density at radius 3 is 1.80 bits per heavy atom. The summed E-state index contributed by atoms with van der Waals surface area (Å²) in [5.74, 6) is 0. The molecule has 2 fully saturated rings. The van der Waals surface area contributed by atoms with Crippen LogP contribution in [0.5, 0.6) is 0 Å². The third kappa shape index (κ3) is 4.32. The molecule has 0 radical (unpaired) electrons. The van der Waals surface area contributed by atoms with Crippen molar-refractivity contribution in [3.8, 4) is 0 Å². The Morgan fingerprint density at radius 2 is 1.33 bits per heavy atom. The van der Waals surface area contributed by atoms with Gasteiger partial charge in [0.25, 0.3) is 0 Å². The van der Waals surface area contributed by atoms with Crippen LogP contribution in [0.2, 0.25) is 0 Å². The van der Waals surface area contributed by atoms with Gasteiger partial charge >= 0.3 is 7.12 Å². The van der Waals surface area contributed by atoms with Crippen molar-refractivity contribution in [2.24, 2.45) is 0 Å². The Bertz CT molecular complexity index is 677. The molecule has 0 aromatic heterocycles.